The maximum absolute atomic E-state index is 4.76. The molecule has 0 saturated carbocycles. The van der Waals surface area contributed by atoms with Gasteiger partial charge < -0.3 is 9.80 Å². The van der Waals surface area contributed by atoms with Crippen molar-refractivity contribution >= 4 is 31.8 Å². The van der Waals surface area contributed by atoms with Crippen LogP contribution in [-0.2, 0) is 0 Å². The van der Waals surface area contributed by atoms with Gasteiger partial charge >= 0.3 is 0 Å². The highest BCUT2D eigenvalue weighted by atomic mass is 31.1. The Morgan fingerprint density at radius 3 is 1.68 bits per heavy atom. The van der Waals surface area contributed by atoms with Crippen molar-refractivity contribution in [2.75, 3.05) is 47.7 Å². The monoisotopic (exact) mass is 321 g/mol. The molecule has 1 aromatic heterocycles. The summed E-state index contributed by atoms with van der Waals surface area (Å²) in [7, 11) is -0.526. The molecule has 3 rings (SSSR count). The zero-order valence-corrected chi connectivity index (χ0v) is 14.4. The Hall–Kier alpha value is -1.42. The van der Waals surface area contributed by atoms with Gasteiger partial charge in [-0.05, 0) is 38.5 Å². The molecule has 2 fully saturated rings. The van der Waals surface area contributed by atoms with Crippen molar-refractivity contribution < 1.29 is 0 Å². The normalized spacial score (nSPS) is 20.0. The maximum atomic E-state index is 4.76. The van der Waals surface area contributed by atoms with Gasteiger partial charge in [0, 0.05) is 26.2 Å². The molecule has 1 N–H and O–H groups in total. The van der Waals surface area contributed by atoms with Crippen LogP contribution >= 0.6 is 7.70 Å². The second kappa shape index (κ2) is 7.23. The first-order valence-corrected chi connectivity index (χ1v) is 10.3. The number of nitrogens with one attached hydrogen (secondary N) is 1. The Labute approximate surface area is 133 Å². The molecule has 120 valence electrons. The van der Waals surface area contributed by atoms with E-state index in [0.29, 0.717) is 5.95 Å². The van der Waals surface area contributed by atoms with E-state index in [2.05, 4.69) is 37.8 Å². The highest BCUT2D eigenvalue weighted by Crippen LogP contribution is 2.24. The molecule has 0 radical (unpaired) electrons. The van der Waals surface area contributed by atoms with Gasteiger partial charge in [-0.25, -0.2) is 0 Å². The van der Waals surface area contributed by atoms with Crippen LogP contribution in [0.25, 0.3) is 0 Å². The minimum atomic E-state index is -0.526. The third-order valence-electron chi connectivity index (χ3n) is 4.18. The van der Waals surface area contributed by atoms with E-state index in [1.54, 1.807) is 0 Å². The summed E-state index contributed by atoms with van der Waals surface area (Å²) in [6.07, 6.45) is 11.6. The average Bonchev–Trinajstić information content (AvgIpc) is 2.55. The third kappa shape index (κ3) is 3.86. The van der Waals surface area contributed by atoms with Crippen molar-refractivity contribution in [3.05, 3.63) is 0 Å². The van der Waals surface area contributed by atoms with Gasteiger partial charge in [0.2, 0.25) is 19.6 Å². The number of anilines is 3. The van der Waals surface area contributed by atoms with Gasteiger partial charge in [-0.1, -0.05) is 0 Å². The number of aromatic nitrogens is 3. The summed E-state index contributed by atoms with van der Waals surface area (Å²) < 4.78 is 0. The van der Waals surface area contributed by atoms with Crippen LogP contribution in [0.2, 0.25) is 0 Å². The highest BCUT2D eigenvalue weighted by Gasteiger charge is 2.21. The molecular formula is C15H26N6P+. The Morgan fingerprint density at radius 2 is 1.27 bits per heavy atom. The topological polar surface area (TPSA) is 57.2 Å². The van der Waals surface area contributed by atoms with Crippen molar-refractivity contribution in [1.82, 2.24) is 15.0 Å². The van der Waals surface area contributed by atoms with Crippen LogP contribution in [0.4, 0.5) is 17.8 Å². The number of piperidine rings is 2. The molecule has 0 aromatic carbocycles. The average molecular weight is 321 g/mol. The van der Waals surface area contributed by atoms with Gasteiger partial charge in [-0.3, -0.25) is 0 Å². The molecule has 0 bridgehead atoms. The van der Waals surface area contributed by atoms with Crippen molar-refractivity contribution in [2.45, 2.75) is 38.5 Å². The Balaban J connectivity index is 1.88. The van der Waals surface area contributed by atoms with Crippen LogP contribution in [0.1, 0.15) is 38.5 Å². The van der Waals surface area contributed by atoms with Crippen LogP contribution in [0.15, 0.2) is 0 Å². The molecule has 2 aliphatic heterocycles. The Kier molecular flexibility index (Phi) is 5.08. The molecule has 1 aromatic rings. The van der Waals surface area contributed by atoms with Crippen molar-refractivity contribution in [1.29, 1.82) is 0 Å². The van der Waals surface area contributed by atoms with E-state index in [4.69, 9.17) is 4.98 Å². The fourth-order valence-corrected chi connectivity index (χ4v) is 3.49. The lowest BCUT2D eigenvalue weighted by Crippen LogP contribution is -2.34. The number of hydrogen-bond donors (Lipinski definition) is 1. The molecule has 3 heterocycles. The molecule has 22 heavy (non-hydrogen) atoms. The summed E-state index contributed by atoms with van der Waals surface area (Å²) in [5.41, 5.74) is 0. The first-order valence-electron chi connectivity index (χ1n) is 8.29. The van der Waals surface area contributed by atoms with Crippen molar-refractivity contribution in [3.8, 4) is 0 Å². The molecule has 1 unspecified atom stereocenters. The Morgan fingerprint density at radius 1 is 0.818 bits per heavy atom. The summed E-state index contributed by atoms with van der Waals surface area (Å²) in [5, 5.41) is 3.30. The summed E-state index contributed by atoms with van der Waals surface area (Å²) in [5.74, 6) is 2.34. The molecule has 1 atom stereocenters. The molecule has 6 nitrogen and oxygen atoms in total. The predicted molar refractivity (Wildman–Crippen MR) is 95.5 cm³/mol. The summed E-state index contributed by atoms with van der Waals surface area (Å²) >= 11 is 0. The molecule has 2 saturated heterocycles. The lowest BCUT2D eigenvalue weighted by Gasteiger charge is -2.30. The van der Waals surface area contributed by atoms with E-state index in [1.165, 1.54) is 38.5 Å². The quantitative estimate of drug-likeness (QED) is 0.861. The minimum Gasteiger partial charge on any atom is -0.341 e. The van der Waals surface area contributed by atoms with Gasteiger partial charge in [0.15, 0.2) is 0 Å². The van der Waals surface area contributed by atoms with Gasteiger partial charge in [-0.2, -0.15) is 20.0 Å². The number of hydrogen-bond acceptors (Lipinski definition) is 6. The van der Waals surface area contributed by atoms with Gasteiger partial charge in [0.25, 0.3) is 5.95 Å². The zero-order chi connectivity index (χ0) is 15.4. The largest absolute Gasteiger partial charge is 0.341 e. The van der Waals surface area contributed by atoms with Crippen molar-refractivity contribution in [3.63, 3.8) is 0 Å². The van der Waals surface area contributed by atoms with E-state index >= 15 is 0 Å². The van der Waals surface area contributed by atoms with Crippen LogP contribution < -0.4 is 14.9 Å². The molecule has 0 spiro atoms. The van der Waals surface area contributed by atoms with Gasteiger partial charge in [-0.15, -0.1) is 0 Å². The van der Waals surface area contributed by atoms with E-state index in [-0.39, 0.29) is 0 Å². The molecule has 0 amide bonds. The van der Waals surface area contributed by atoms with Crippen LogP contribution in [0.3, 0.4) is 0 Å². The second-order valence-corrected chi connectivity index (χ2v) is 7.78. The predicted octanol–water partition coefficient (Wildman–Crippen LogP) is 2.72. The lowest BCUT2D eigenvalue weighted by atomic mass is 10.1. The maximum Gasteiger partial charge on any atom is 0.267 e. The van der Waals surface area contributed by atoms with E-state index in [9.17, 15) is 0 Å². The number of rotatable bonds is 4. The molecule has 2 aliphatic rings. The fourth-order valence-electron chi connectivity index (χ4n) is 3.05. The summed E-state index contributed by atoms with van der Waals surface area (Å²) in [4.78, 5) is 18.6. The summed E-state index contributed by atoms with van der Waals surface area (Å²) in [6.45, 7) is 6.27. The van der Waals surface area contributed by atoms with Crippen LogP contribution in [0.5, 0.6) is 0 Å². The smallest absolute Gasteiger partial charge is 0.267 e. The minimum absolute atomic E-state index is 0.526. The SMILES string of the molecule is C=[P+](C)Nc1nc(N2CCCCC2)nc(N2CCCCC2)n1. The zero-order valence-electron chi connectivity index (χ0n) is 13.5. The fraction of sp³-hybridized carbons (Fsp3) is 0.733. The van der Waals surface area contributed by atoms with Crippen LogP contribution in [0, 0.1) is 0 Å². The van der Waals surface area contributed by atoms with Gasteiger partial charge in [0.05, 0.1) is 6.30 Å². The molecule has 0 aliphatic carbocycles. The second-order valence-electron chi connectivity index (χ2n) is 6.16. The highest BCUT2D eigenvalue weighted by molar-refractivity contribution is 7.56. The standard InChI is InChI=1S/C15H26N6P/c1-22(2)19-13-16-14(20-9-5-3-6-10-20)18-15(17-13)21-11-7-4-8-12-21/h1,3-12H2,2H3,(H,16,17,18,19)/q+1. The van der Waals surface area contributed by atoms with E-state index in [1.807, 2.05) is 0 Å². The summed E-state index contributed by atoms with van der Waals surface area (Å²) in [6, 6.07) is 0. The van der Waals surface area contributed by atoms with Gasteiger partial charge in [0.1, 0.15) is 6.66 Å². The van der Waals surface area contributed by atoms with Crippen molar-refractivity contribution in [2.24, 2.45) is 0 Å². The third-order valence-corrected chi connectivity index (χ3v) is 4.76. The van der Waals surface area contributed by atoms with Crippen LogP contribution in [-0.4, -0.2) is 54.1 Å². The number of nitrogens with zero attached hydrogens (tertiary/aromatic N) is 5. The Bertz CT molecular complexity index is 487. The molecule has 7 heteroatoms. The first kappa shape index (κ1) is 15.5. The first-order chi connectivity index (χ1) is 10.7. The molecular weight excluding hydrogens is 295 g/mol. The van der Waals surface area contributed by atoms with E-state index < -0.39 is 7.70 Å². The van der Waals surface area contributed by atoms with E-state index in [0.717, 1.165) is 38.1 Å². The lowest BCUT2D eigenvalue weighted by molar-refractivity contribution is 0.556.